The fraction of sp³-hybridized carbons (Fsp3) is 0.250. The first-order chi connectivity index (χ1) is 6.50. The van der Waals surface area contributed by atoms with Crippen LogP contribution >= 0.6 is 23.2 Å². The van der Waals surface area contributed by atoms with E-state index in [2.05, 4.69) is 0 Å². The highest BCUT2D eigenvalue weighted by molar-refractivity contribution is 6.42. The highest BCUT2D eigenvalue weighted by Gasteiger charge is 2.14. The third-order valence-electron chi connectivity index (χ3n) is 1.65. The molecule has 1 rings (SSSR count). The lowest BCUT2D eigenvalue weighted by Gasteiger charge is -2.06. The summed E-state index contributed by atoms with van der Waals surface area (Å²) in [6.07, 6.45) is -1.15. The summed E-state index contributed by atoms with van der Waals surface area (Å²) in [5.74, 6) is 0. The minimum atomic E-state index is -1.15. The van der Waals surface area contributed by atoms with Gasteiger partial charge < -0.3 is 5.11 Å². The van der Waals surface area contributed by atoms with E-state index in [9.17, 15) is 15.2 Å². The predicted octanol–water partition coefficient (Wildman–Crippen LogP) is 2.30. The van der Waals surface area contributed by atoms with E-state index in [4.69, 9.17) is 23.2 Å². The molecule has 0 heterocycles. The van der Waals surface area contributed by atoms with Crippen molar-refractivity contribution >= 4 is 23.2 Å². The van der Waals surface area contributed by atoms with E-state index in [1.807, 2.05) is 0 Å². The SMILES string of the molecule is O=[N+]([O-])CC(O)c1ccc(Cl)c(Cl)c1. The van der Waals surface area contributed by atoms with Gasteiger partial charge in [-0.3, -0.25) is 10.1 Å². The van der Waals surface area contributed by atoms with E-state index in [1.165, 1.54) is 18.2 Å². The zero-order valence-electron chi connectivity index (χ0n) is 6.98. The topological polar surface area (TPSA) is 63.4 Å². The highest BCUT2D eigenvalue weighted by Crippen LogP contribution is 2.25. The van der Waals surface area contributed by atoms with Gasteiger partial charge in [0.1, 0.15) is 6.10 Å². The summed E-state index contributed by atoms with van der Waals surface area (Å²) in [6, 6.07) is 4.41. The van der Waals surface area contributed by atoms with Crippen molar-refractivity contribution < 1.29 is 10.0 Å². The van der Waals surface area contributed by atoms with E-state index in [1.54, 1.807) is 0 Å². The van der Waals surface area contributed by atoms with E-state index >= 15 is 0 Å². The fourth-order valence-corrected chi connectivity index (χ4v) is 1.27. The van der Waals surface area contributed by atoms with Crippen molar-refractivity contribution in [2.45, 2.75) is 6.10 Å². The molecule has 0 saturated carbocycles. The van der Waals surface area contributed by atoms with Crippen LogP contribution in [0.1, 0.15) is 11.7 Å². The van der Waals surface area contributed by atoms with E-state index in [0.717, 1.165) is 0 Å². The van der Waals surface area contributed by atoms with Gasteiger partial charge in [0.15, 0.2) is 0 Å². The van der Waals surface area contributed by atoms with Gasteiger partial charge in [-0.25, -0.2) is 0 Å². The normalized spacial score (nSPS) is 12.5. The first-order valence-corrected chi connectivity index (χ1v) is 4.51. The van der Waals surface area contributed by atoms with Crippen molar-refractivity contribution in [2.24, 2.45) is 0 Å². The van der Waals surface area contributed by atoms with Crippen LogP contribution in [0.2, 0.25) is 10.0 Å². The summed E-state index contributed by atoms with van der Waals surface area (Å²) in [5.41, 5.74) is 0.385. The second-order valence-electron chi connectivity index (χ2n) is 2.70. The molecular weight excluding hydrogens is 229 g/mol. The van der Waals surface area contributed by atoms with Gasteiger partial charge in [0.25, 0.3) is 0 Å². The molecule has 6 heteroatoms. The Hall–Kier alpha value is -0.840. The molecule has 4 nitrogen and oxygen atoms in total. The van der Waals surface area contributed by atoms with Crippen LogP contribution in [-0.4, -0.2) is 16.6 Å². The van der Waals surface area contributed by atoms with Crippen LogP contribution in [0.25, 0.3) is 0 Å². The lowest BCUT2D eigenvalue weighted by molar-refractivity contribution is -0.491. The van der Waals surface area contributed by atoms with Crippen LogP contribution in [0, 0.1) is 10.1 Å². The van der Waals surface area contributed by atoms with Crippen molar-refractivity contribution in [3.8, 4) is 0 Å². The molecule has 1 unspecified atom stereocenters. The Morgan fingerprint density at radius 1 is 1.43 bits per heavy atom. The van der Waals surface area contributed by atoms with Crippen LogP contribution in [-0.2, 0) is 0 Å². The molecule has 0 aromatic heterocycles. The molecule has 0 fully saturated rings. The van der Waals surface area contributed by atoms with E-state index < -0.39 is 17.6 Å². The average molecular weight is 236 g/mol. The van der Waals surface area contributed by atoms with Gasteiger partial charge in [0.05, 0.1) is 10.0 Å². The highest BCUT2D eigenvalue weighted by atomic mass is 35.5. The number of benzene rings is 1. The van der Waals surface area contributed by atoms with Crippen molar-refractivity contribution in [3.05, 3.63) is 43.9 Å². The quantitative estimate of drug-likeness (QED) is 0.646. The summed E-state index contributed by atoms with van der Waals surface area (Å²) < 4.78 is 0. The maximum Gasteiger partial charge on any atom is 0.233 e. The Morgan fingerprint density at radius 3 is 2.57 bits per heavy atom. The van der Waals surface area contributed by atoms with Crippen LogP contribution < -0.4 is 0 Å². The molecule has 0 amide bonds. The molecule has 1 aromatic rings. The van der Waals surface area contributed by atoms with E-state index in [-0.39, 0.29) is 5.02 Å². The molecular formula is C8H7Cl2NO3. The molecule has 0 spiro atoms. The van der Waals surface area contributed by atoms with Crippen LogP contribution in [0.5, 0.6) is 0 Å². The number of aliphatic hydroxyl groups excluding tert-OH is 1. The van der Waals surface area contributed by atoms with Crippen molar-refractivity contribution in [1.82, 2.24) is 0 Å². The van der Waals surface area contributed by atoms with Crippen LogP contribution in [0.4, 0.5) is 0 Å². The minimum Gasteiger partial charge on any atom is -0.382 e. The molecule has 0 aliphatic carbocycles. The third-order valence-corrected chi connectivity index (χ3v) is 2.39. The zero-order chi connectivity index (χ0) is 10.7. The number of halogens is 2. The molecule has 14 heavy (non-hydrogen) atoms. The standard InChI is InChI=1S/C8H7Cl2NO3/c9-6-2-1-5(3-7(6)10)8(12)4-11(13)14/h1-3,8,12H,4H2. The average Bonchev–Trinajstić information content (AvgIpc) is 2.08. The summed E-state index contributed by atoms with van der Waals surface area (Å²) in [4.78, 5) is 9.53. The van der Waals surface area contributed by atoms with Crippen molar-refractivity contribution in [2.75, 3.05) is 6.54 Å². The van der Waals surface area contributed by atoms with Crippen LogP contribution in [0.15, 0.2) is 18.2 Å². The van der Waals surface area contributed by atoms with Crippen molar-refractivity contribution in [1.29, 1.82) is 0 Å². The van der Waals surface area contributed by atoms with E-state index in [0.29, 0.717) is 10.6 Å². The molecule has 0 bridgehead atoms. The maximum atomic E-state index is 10.1. The van der Waals surface area contributed by atoms with Gasteiger partial charge in [-0.1, -0.05) is 29.3 Å². The molecule has 0 saturated heterocycles. The summed E-state index contributed by atoms with van der Waals surface area (Å²) in [7, 11) is 0. The van der Waals surface area contributed by atoms with Gasteiger partial charge in [-0.05, 0) is 17.7 Å². The maximum absolute atomic E-state index is 10.1. The zero-order valence-corrected chi connectivity index (χ0v) is 8.50. The first kappa shape index (κ1) is 11.2. The summed E-state index contributed by atoms with van der Waals surface area (Å²) in [5, 5.41) is 20.1. The molecule has 0 aliphatic heterocycles. The minimum absolute atomic E-state index is 0.270. The second-order valence-corrected chi connectivity index (χ2v) is 3.52. The summed E-state index contributed by atoms with van der Waals surface area (Å²) in [6.45, 7) is -0.544. The Morgan fingerprint density at radius 2 is 2.07 bits per heavy atom. The monoisotopic (exact) mass is 235 g/mol. The van der Waals surface area contributed by atoms with Gasteiger partial charge in [0, 0.05) is 4.92 Å². The number of rotatable bonds is 3. The lowest BCUT2D eigenvalue weighted by atomic mass is 10.1. The number of hydrogen-bond acceptors (Lipinski definition) is 3. The summed E-state index contributed by atoms with van der Waals surface area (Å²) >= 11 is 11.3. The fourth-order valence-electron chi connectivity index (χ4n) is 0.966. The van der Waals surface area contributed by atoms with Gasteiger partial charge in [-0.15, -0.1) is 0 Å². The molecule has 0 aliphatic rings. The Kier molecular flexibility index (Phi) is 3.69. The lowest BCUT2D eigenvalue weighted by Crippen LogP contribution is -2.11. The van der Waals surface area contributed by atoms with Crippen LogP contribution in [0.3, 0.4) is 0 Å². The molecule has 76 valence electrons. The molecule has 0 radical (unpaired) electrons. The van der Waals surface area contributed by atoms with Gasteiger partial charge in [0.2, 0.25) is 6.54 Å². The molecule has 1 N–H and O–H groups in total. The molecule has 1 atom stereocenters. The third kappa shape index (κ3) is 2.83. The number of aliphatic hydroxyl groups is 1. The molecule has 1 aromatic carbocycles. The van der Waals surface area contributed by atoms with Crippen molar-refractivity contribution in [3.63, 3.8) is 0 Å². The number of hydrogen-bond donors (Lipinski definition) is 1. The number of nitro groups is 1. The first-order valence-electron chi connectivity index (χ1n) is 3.75. The predicted molar refractivity (Wildman–Crippen MR) is 53.3 cm³/mol. The Bertz CT molecular complexity index is 356. The van der Waals surface area contributed by atoms with Gasteiger partial charge in [-0.2, -0.15) is 0 Å². The largest absolute Gasteiger partial charge is 0.382 e. The number of nitrogens with zero attached hydrogens (tertiary/aromatic N) is 1. The Labute approximate surface area is 90.2 Å². The Balaban J connectivity index is 2.85. The van der Waals surface area contributed by atoms with Gasteiger partial charge >= 0.3 is 0 Å². The second kappa shape index (κ2) is 4.59. The smallest absolute Gasteiger partial charge is 0.233 e.